The molecule has 1 unspecified atom stereocenters. The van der Waals surface area contributed by atoms with Crippen molar-refractivity contribution in [1.29, 1.82) is 0 Å². The minimum absolute atomic E-state index is 0.0669. The van der Waals surface area contributed by atoms with Crippen LogP contribution in [0.5, 0.6) is 0 Å². The SMILES string of the molecule is Cc1cccc(-c2n[nH]c(=S)n2CC(=O)NCC(c2ccccc2)N2CCC(C)CC2)c1. The Labute approximate surface area is 194 Å². The van der Waals surface area contributed by atoms with Gasteiger partial charge in [0.25, 0.3) is 0 Å². The Morgan fingerprint density at radius 1 is 1.19 bits per heavy atom. The van der Waals surface area contributed by atoms with E-state index in [1.54, 1.807) is 4.57 Å². The second-order valence-corrected chi connectivity index (χ2v) is 9.14. The van der Waals surface area contributed by atoms with Crippen molar-refractivity contribution in [3.8, 4) is 11.4 Å². The van der Waals surface area contributed by atoms with E-state index in [0.29, 0.717) is 17.1 Å². The fraction of sp³-hybridized carbons (Fsp3) is 0.400. The van der Waals surface area contributed by atoms with Gasteiger partial charge in [-0.25, -0.2) is 0 Å². The van der Waals surface area contributed by atoms with Gasteiger partial charge in [-0.15, -0.1) is 0 Å². The van der Waals surface area contributed by atoms with Crippen LogP contribution in [0.1, 0.15) is 36.9 Å². The molecule has 1 saturated heterocycles. The number of H-pyrrole nitrogens is 1. The number of nitrogens with zero attached hydrogens (tertiary/aromatic N) is 3. The van der Waals surface area contributed by atoms with E-state index in [9.17, 15) is 4.79 Å². The van der Waals surface area contributed by atoms with Gasteiger partial charge in [0, 0.05) is 12.1 Å². The van der Waals surface area contributed by atoms with Gasteiger partial charge in [-0.05, 0) is 62.6 Å². The Kier molecular flexibility index (Phi) is 7.17. The van der Waals surface area contributed by atoms with E-state index >= 15 is 0 Å². The minimum atomic E-state index is -0.0669. The second-order valence-electron chi connectivity index (χ2n) is 8.76. The van der Waals surface area contributed by atoms with Crippen LogP contribution in [0.3, 0.4) is 0 Å². The highest BCUT2D eigenvalue weighted by Crippen LogP contribution is 2.26. The summed E-state index contributed by atoms with van der Waals surface area (Å²) in [6, 6.07) is 18.7. The van der Waals surface area contributed by atoms with E-state index in [1.165, 1.54) is 18.4 Å². The molecule has 0 bridgehead atoms. The van der Waals surface area contributed by atoms with Crippen LogP contribution < -0.4 is 5.32 Å². The average Bonchev–Trinajstić information content (AvgIpc) is 3.16. The van der Waals surface area contributed by atoms with Crippen LogP contribution in [-0.2, 0) is 11.3 Å². The number of aromatic amines is 1. The summed E-state index contributed by atoms with van der Waals surface area (Å²) in [5, 5.41) is 10.4. The molecule has 168 valence electrons. The fourth-order valence-corrected chi connectivity index (χ4v) is 4.55. The third-order valence-corrected chi connectivity index (χ3v) is 6.58. The van der Waals surface area contributed by atoms with E-state index in [0.717, 1.165) is 30.1 Å². The fourth-order valence-electron chi connectivity index (χ4n) is 4.35. The number of amides is 1. The van der Waals surface area contributed by atoms with Gasteiger partial charge in [-0.1, -0.05) is 61.0 Å². The molecule has 1 aliphatic heterocycles. The van der Waals surface area contributed by atoms with Crippen LogP contribution in [0, 0.1) is 17.6 Å². The number of aromatic nitrogens is 3. The van der Waals surface area contributed by atoms with E-state index in [-0.39, 0.29) is 18.5 Å². The van der Waals surface area contributed by atoms with Gasteiger partial charge in [-0.2, -0.15) is 5.10 Å². The summed E-state index contributed by atoms with van der Waals surface area (Å²) in [7, 11) is 0. The van der Waals surface area contributed by atoms with Crippen LogP contribution >= 0.6 is 12.2 Å². The molecule has 1 fully saturated rings. The highest BCUT2D eigenvalue weighted by molar-refractivity contribution is 7.71. The lowest BCUT2D eigenvalue weighted by Crippen LogP contribution is -2.42. The Morgan fingerprint density at radius 3 is 2.66 bits per heavy atom. The third kappa shape index (κ3) is 5.34. The molecule has 0 radical (unpaired) electrons. The molecule has 2 heterocycles. The molecule has 1 aromatic heterocycles. The Bertz CT molecular complexity index is 1100. The van der Waals surface area contributed by atoms with Gasteiger partial charge >= 0.3 is 0 Å². The maximum Gasteiger partial charge on any atom is 0.240 e. The summed E-state index contributed by atoms with van der Waals surface area (Å²) in [6.45, 7) is 7.17. The first-order chi connectivity index (χ1) is 15.5. The van der Waals surface area contributed by atoms with Gasteiger partial charge in [0.2, 0.25) is 5.91 Å². The lowest BCUT2D eigenvalue weighted by molar-refractivity contribution is -0.122. The van der Waals surface area contributed by atoms with Crippen molar-refractivity contribution in [2.24, 2.45) is 5.92 Å². The van der Waals surface area contributed by atoms with Gasteiger partial charge in [0.15, 0.2) is 10.6 Å². The molecule has 1 amide bonds. The normalized spacial score (nSPS) is 16.1. The largest absolute Gasteiger partial charge is 0.353 e. The number of carbonyl (C=O) groups excluding carboxylic acids is 1. The van der Waals surface area contributed by atoms with Gasteiger partial charge < -0.3 is 5.32 Å². The number of likely N-dealkylation sites (tertiary alicyclic amines) is 1. The lowest BCUT2D eigenvalue weighted by atomic mass is 9.95. The maximum atomic E-state index is 12.9. The zero-order chi connectivity index (χ0) is 22.5. The highest BCUT2D eigenvalue weighted by Gasteiger charge is 2.25. The molecule has 3 aromatic rings. The lowest BCUT2D eigenvalue weighted by Gasteiger charge is -2.37. The van der Waals surface area contributed by atoms with Gasteiger partial charge in [0.1, 0.15) is 6.54 Å². The Balaban J connectivity index is 1.47. The first-order valence-corrected chi connectivity index (χ1v) is 11.7. The summed E-state index contributed by atoms with van der Waals surface area (Å²) < 4.78 is 2.21. The molecule has 0 aliphatic carbocycles. The Hall–Kier alpha value is -2.77. The molecular formula is C25H31N5OS. The van der Waals surface area contributed by atoms with Crippen LogP contribution in [-0.4, -0.2) is 45.2 Å². The molecule has 4 rings (SSSR count). The van der Waals surface area contributed by atoms with Gasteiger partial charge in [-0.3, -0.25) is 19.4 Å². The number of hydrogen-bond donors (Lipinski definition) is 2. The number of nitrogens with one attached hydrogen (secondary N) is 2. The molecule has 2 N–H and O–H groups in total. The molecule has 32 heavy (non-hydrogen) atoms. The van der Waals surface area contributed by atoms with Crippen molar-refractivity contribution in [2.75, 3.05) is 19.6 Å². The molecular weight excluding hydrogens is 418 g/mol. The first-order valence-electron chi connectivity index (χ1n) is 11.3. The van der Waals surface area contributed by atoms with Crippen LogP contribution in [0.25, 0.3) is 11.4 Å². The van der Waals surface area contributed by atoms with E-state index < -0.39 is 0 Å². The van der Waals surface area contributed by atoms with E-state index in [4.69, 9.17) is 12.2 Å². The maximum absolute atomic E-state index is 12.9. The number of hydrogen-bond acceptors (Lipinski definition) is 4. The quantitative estimate of drug-likeness (QED) is 0.521. The zero-order valence-corrected chi connectivity index (χ0v) is 19.6. The van der Waals surface area contributed by atoms with Crippen molar-refractivity contribution in [3.05, 3.63) is 70.5 Å². The average molecular weight is 450 g/mol. The molecule has 0 spiro atoms. The number of benzene rings is 2. The molecule has 1 atom stereocenters. The summed E-state index contributed by atoms with van der Waals surface area (Å²) in [5.41, 5.74) is 3.31. The standard InChI is InChI=1S/C25H31N5OS/c1-18-11-13-29(14-12-18)22(20-8-4-3-5-9-20)16-26-23(31)17-30-24(27-28-25(30)32)21-10-6-7-19(2)15-21/h3-10,15,18,22H,11-14,16-17H2,1-2H3,(H,26,31)(H,28,32). The number of rotatable bonds is 7. The minimum Gasteiger partial charge on any atom is -0.353 e. The van der Waals surface area contributed by atoms with Gasteiger partial charge in [0.05, 0.1) is 6.04 Å². The summed E-state index contributed by atoms with van der Waals surface area (Å²) in [4.78, 5) is 15.4. The summed E-state index contributed by atoms with van der Waals surface area (Å²) in [6.07, 6.45) is 2.39. The molecule has 2 aromatic carbocycles. The summed E-state index contributed by atoms with van der Waals surface area (Å²) >= 11 is 5.41. The van der Waals surface area contributed by atoms with Crippen LogP contribution in [0.4, 0.5) is 0 Å². The smallest absolute Gasteiger partial charge is 0.240 e. The number of piperidine rings is 1. The highest BCUT2D eigenvalue weighted by atomic mass is 32.1. The number of aryl methyl sites for hydroxylation is 1. The van der Waals surface area contributed by atoms with Crippen molar-refractivity contribution < 1.29 is 4.79 Å². The topological polar surface area (TPSA) is 66.0 Å². The van der Waals surface area contributed by atoms with Crippen molar-refractivity contribution in [1.82, 2.24) is 25.0 Å². The molecule has 6 nitrogen and oxygen atoms in total. The zero-order valence-electron chi connectivity index (χ0n) is 18.8. The third-order valence-electron chi connectivity index (χ3n) is 6.27. The monoisotopic (exact) mass is 449 g/mol. The molecule has 0 saturated carbocycles. The predicted molar refractivity (Wildman–Crippen MR) is 130 cm³/mol. The van der Waals surface area contributed by atoms with Crippen molar-refractivity contribution in [2.45, 2.75) is 39.3 Å². The van der Waals surface area contributed by atoms with Crippen molar-refractivity contribution >= 4 is 18.1 Å². The second kappa shape index (κ2) is 10.2. The number of carbonyl (C=O) groups is 1. The Morgan fingerprint density at radius 2 is 1.94 bits per heavy atom. The van der Waals surface area contributed by atoms with E-state index in [2.05, 4.69) is 51.6 Å². The summed E-state index contributed by atoms with van der Waals surface area (Å²) in [5.74, 6) is 1.38. The van der Waals surface area contributed by atoms with Crippen molar-refractivity contribution in [3.63, 3.8) is 0 Å². The predicted octanol–water partition coefficient (Wildman–Crippen LogP) is 4.51. The van der Waals surface area contributed by atoms with Crippen LogP contribution in [0.15, 0.2) is 54.6 Å². The van der Waals surface area contributed by atoms with Crippen LogP contribution in [0.2, 0.25) is 0 Å². The van der Waals surface area contributed by atoms with E-state index in [1.807, 2.05) is 37.3 Å². The molecule has 7 heteroatoms. The first kappa shape index (κ1) is 22.4. The molecule has 1 aliphatic rings.